The van der Waals surface area contributed by atoms with Crippen LogP contribution in [-0.4, -0.2) is 50.7 Å². The van der Waals surface area contributed by atoms with Gasteiger partial charge in [0.05, 0.1) is 50.7 Å². The van der Waals surface area contributed by atoms with Crippen molar-refractivity contribution in [1.29, 1.82) is 0 Å². The van der Waals surface area contributed by atoms with Crippen molar-refractivity contribution in [3.8, 4) is 0 Å². The Labute approximate surface area is 374 Å². The predicted molar refractivity (Wildman–Crippen MR) is 290 cm³/mol. The molecule has 0 aliphatic carbocycles. The van der Waals surface area contributed by atoms with Gasteiger partial charge in [0.15, 0.2) is 0 Å². The van der Waals surface area contributed by atoms with Crippen molar-refractivity contribution in [2.45, 2.75) is 233 Å². The molecule has 332 valence electrons. The average Bonchev–Trinajstić information content (AvgIpc) is 3.23. The van der Waals surface area contributed by atoms with E-state index >= 15 is 0 Å². The van der Waals surface area contributed by atoms with Gasteiger partial charge >= 0.3 is 0 Å². The molecule has 2 atom stereocenters. The monoisotopic (exact) mass is 917 g/mol. The molecule has 0 spiro atoms. The van der Waals surface area contributed by atoms with Gasteiger partial charge in [0, 0.05) is 0 Å². The van der Waals surface area contributed by atoms with Crippen LogP contribution in [0.25, 0.3) is 10.4 Å². The van der Waals surface area contributed by atoms with E-state index in [0.717, 1.165) is 0 Å². The van der Waals surface area contributed by atoms with Crippen LogP contribution in [0.3, 0.4) is 0 Å². The summed E-state index contributed by atoms with van der Waals surface area (Å²) in [6, 6.07) is 24.7. The zero-order valence-electron chi connectivity index (χ0n) is 44.4. The van der Waals surface area contributed by atoms with Gasteiger partial charge in [0.2, 0.25) is 0 Å². The molecule has 0 bridgehead atoms. The highest BCUT2D eigenvalue weighted by atomic mass is 30.2. The van der Waals surface area contributed by atoms with Crippen molar-refractivity contribution in [2.24, 2.45) is 0 Å². The molecule has 2 aromatic carbocycles. The molecule has 0 saturated carbocycles. The van der Waals surface area contributed by atoms with Gasteiger partial charge in [-0.25, -0.2) is 0 Å². The fourth-order valence-electron chi connectivity index (χ4n) is 16.2. The minimum Gasteiger partial charge on any atom is -0.102 e. The van der Waals surface area contributed by atoms with Gasteiger partial charge in [-0.2, -0.15) is 0 Å². The molecule has 0 aromatic heterocycles. The smallest absolute Gasteiger partial charge is 0.0969 e. The summed E-state index contributed by atoms with van der Waals surface area (Å²) >= 11 is 0. The fourth-order valence-corrected chi connectivity index (χ4v) is 301. The minimum atomic E-state index is -2.77. The van der Waals surface area contributed by atoms with E-state index in [9.17, 15) is 0 Å². The molecule has 2 aliphatic rings. The number of fused-ring (bicyclic) bond motifs is 1. The first-order valence-electron chi connectivity index (χ1n) is 23.5. The van der Waals surface area contributed by atoms with Crippen molar-refractivity contribution in [2.75, 3.05) is 0 Å². The molecule has 2 unspecified atom stereocenters. The van der Waals surface area contributed by atoms with Crippen molar-refractivity contribution in [1.82, 2.24) is 0 Å². The first-order valence-corrected chi connectivity index (χ1v) is 45.6. The Morgan fingerprint density at radius 3 is 0.814 bits per heavy atom. The van der Waals surface area contributed by atoms with Crippen LogP contribution in [0.1, 0.15) is 177 Å². The van der Waals surface area contributed by atoms with E-state index in [2.05, 4.69) is 264 Å². The van der Waals surface area contributed by atoms with Crippen LogP contribution in [-0.2, 0) is 0 Å². The molecular weight excluding hydrogens is 821 g/mol. The second-order valence-corrected chi connectivity index (χ2v) is 97.2. The maximum Gasteiger partial charge on any atom is 0.0969 e. The molecule has 4 rings (SSSR count). The second kappa shape index (κ2) is 14.2. The van der Waals surface area contributed by atoms with Gasteiger partial charge in [-0.3, -0.25) is 0 Å². The molecule has 0 fully saturated rings. The Hall–Kier alpha value is -0.562. The number of hydrogen-bond acceptors (Lipinski definition) is 0. The van der Waals surface area contributed by atoms with E-state index in [1.165, 1.54) is 0 Å². The lowest BCUT2D eigenvalue weighted by Crippen LogP contribution is -3.07. The summed E-state index contributed by atoms with van der Waals surface area (Å²) in [7, 11) is -12.5. The number of hydrogen-bond donors (Lipinski definition) is 0. The van der Waals surface area contributed by atoms with Crippen LogP contribution >= 0.6 is 0 Å². The quantitative estimate of drug-likeness (QED) is 0.253. The van der Waals surface area contributed by atoms with E-state index in [1.807, 2.05) is 10.4 Å². The highest BCUT2D eigenvalue weighted by Gasteiger charge is 2.96. The van der Waals surface area contributed by atoms with Crippen LogP contribution < -0.4 is 0 Å². The lowest BCUT2D eigenvalue weighted by molar-refractivity contribution is 0.623. The van der Waals surface area contributed by atoms with Gasteiger partial charge in [-0.15, -0.1) is 5.70 Å². The fraction of sp³-hybridized carbons (Fsp3) is 0.692. The largest absolute Gasteiger partial charge is 0.102 e. The topological polar surface area (TPSA) is 0 Å². The molecular formula is C52H96Si7. The Morgan fingerprint density at radius 1 is 0.305 bits per heavy atom. The highest BCUT2D eigenvalue weighted by molar-refractivity contribution is 8.23. The molecule has 0 nitrogen and oxygen atoms in total. The van der Waals surface area contributed by atoms with Gasteiger partial charge < -0.3 is 0 Å². The maximum absolute atomic E-state index is 3.53. The molecule has 2 aliphatic heterocycles. The van der Waals surface area contributed by atoms with Crippen molar-refractivity contribution < 1.29 is 0 Å². The number of benzene rings is 2. The standard InChI is InChI=1S/C52H96Si7/c1-45(2,3)53(25,46(4,5)6)57-39-44(42-37-33-30-34-38-42)59(57,56(28,51(19,20)21)52(22,23)24)58(40-43(57)41-35-31-29-32-36-41,54(26,47(7,8)9)48(10,11)12)55(27,49(13,14)15)50(16,17)18/h29-40H,1-28H3. The number of rotatable bonds is 6. The first-order chi connectivity index (χ1) is 25.9. The van der Waals surface area contributed by atoms with Crippen LogP contribution in [0.5, 0.6) is 0 Å². The SMILES string of the molecule is CC(C)(C)[Si](C)(C(C)(C)C)[Si]12C=C(c3ccccc3)[Si]1([Si](C)(C(C)(C)C)C(C)(C)C)[Si]([Si](C)(C(C)(C)C)C(C)(C)C)([Si](C)(C(C)(C)C)C(C)(C)C)C=C2c1ccccc1. The Balaban J connectivity index is 2.90. The van der Waals surface area contributed by atoms with Crippen molar-refractivity contribution in [3.05, 3.63) is 83.2 Å². The zero-order valence-corrected chi connectivity index (χ0v) is 51.4. The lowest BCUT2D eigenvalue weighted by atomic mass is 10.2. The average molecular weight is 918 g/mol. The Kier molecular flexibility index (Phi) is 12.3. The summed E-state index contributed by atoms with van der Waals surface area (Å²) in [5, 5.41) is 5.48. The molecule has 0 radical (unpaired) electrons. The molecule has 7 heteroatoms. The van der Waals surface area contributed by atoms with Crippen molar-refractivity contribution in [3.63, 3.8) is 0 Å². The van der Waals surface area contributed by atoms with Crippen LogP contribution in [0, 0.1) is 0 Å². The van der Waals surface area contributed by atoms with E-state index in [1.54, 1.807) is 11.1 Å². The van der Waals surface area contributed by atoms with Gasteiger partial charge in [-0.05, 0) is 51.4 Å². The highest BCUT2D eigenvalue weighted by Crippen LogP contribution is 2.81. The van der Waals surface area contributed by atoms with E-state index < -0.39 is 50.7 Å². The van der Waals surface area contributed by atoms with Gasteiger partial charge in [0.25, 0.3) is 0 Å². The van der Waals surface area contributed by atoms with E-state index in [0.29, 0.717) is 0 Å². The van der Waals surface area contributed by atoms with Gasteiger partial charge in [0.1, 0.15) is 0 Å². The molecule has 0 N–H and O–H groups in total. The Bertz CT molecular complexity index is 1840. The summed E-state index contributed by atoms with van der Waals surface area (Å²) in [5.74, 6) is 0. The summed E-state index contributed by atoms with van der Waals surface area (Å²) < 4.78 is 0. The minimum absolute atomic E-state index is 0.184. The molecule has 0 saturated heterocycles. The van der Waals surface area contributed by atoms with Crippen LogP contribution in [0.2, 0.25) is 66.5 Å². The first kappa shape index (κ1) is 51.1. The van der Waals surface area contributed by atoms with E-state index in [-0.39, 0.29) is 40.3 Å². The summed E-state index contributed by atoms with van der Waals surface area (Å²) in [4.78, 5) is 0. The Morgan fingerprint density at radius 2 is 0.559 bits per heavy atom. The van der Waals surface area contributed by atoms with Crippen LogP contribution in [0.15, 0.2) is 72.1 Å². The second-order valence-electron chi connectivity index (χ2n) is 28.7. The molecule has 2 heterocycles. The maximum atomic E-state index is 3.53. The molecule has 59 heavy (non-hydrogen) atoms. The molecule has 2 aromatic rings. The van der Waals surface area contributed by atoms with E-state index in [4.69, 9.17) is 0 Å². The molecule has 0 amide bonds. The summed E-state index contributed by atoms with van der Waals surface area (Å²) in [5.41, 5.74) is 10.1. The third-order valence-electron chi connectivity index (χ3n) is 20.0. The van der Waals surface area contributed by atoms with Crippen LogP contribution in [0.4, 0.5) is 0 Å². The summed E-state index contributed by atoms with van der Waals surface area (Å²) in [6.07, 6.45) is 0. The zero-order chi connectivity index (χ0) is 46.3. The predicted octanol–water partition coefficient (Wildman–Crippen LogP) is 17.9. The summed E-state index contributed by atoms with van der Waals surface area (Å²) in [6.45, 7) is 73.8. The normalized spacial score (nSPS) is 23.1. The third-order valence-corrected chi connectivity index (χ3v) is 176. The third kappa shape index (κ3) is 6.01. The van der Waals surface area contributed by atoms with Gasteiger partial charge in [-0.1, -0.05) is 269 Å². The van der Waals surface area contributed by atoms with Crippen molar-refractivity contribution >= 4 is 61.1 Å². The lowest BCUT2D eigenvalue weighted by Gasteiger charge is -2.84.